The molecule has 0 amide bonds. The fourth-order valence-electron chi connectivity index (χ4n) is 4.81. The summed E-state index contributed by atoms with van der Waals surface area (Å²) in [4.78, 5) is 15.0. The highest BCUT2D eigenvalue weighted by Crippen LogP contribution is 2.36. The topological polar surface area (TPSA) is 89.3 Å². The number of pyridine rings is 1. The first-order valence-corrected chi connectivity index (χ1v) is 14.2. The van der Waals surface area contributed by atoms with Crippen molar-refractivity contribution in [2.24, 2.45) is 0 Å². The number of rotatable bonds is 9. The van der Waals surface area contributed by atoms with Crippen molar-refractivity contribution in [1.29, 1.82) is 0 Å². The number of fused-ring (bicyclic) bond motifs is 1. The van der Waals surface area contributed by atoms with Gasteiger partial charge in [-0.25, -0.2) is 22.8 Å². The predicted molar refractivity (Wildman–Crippen MR) is 165 cm³/mol. The van der Waals surface area contributed by atoms with E-state index in [4.69, 9.17) is 16.3 Å². The number of carbonyl (C=O) groups is 1. The highest BCUT2D eigenvalue weighted by Gasteiger charge is 2.29. The second kappa shape index (κ2) is 14.4. The Morgan fingerprint density at radius 2 is 1.76 bits per heavy atom. The van der Waals surface area contributed by atoms with Crippen LogP contribution in [0.1, 0.15) is 53.5 Å². The molecule has 5 rings (SSSR count). The molecule has 13 heteroatoms. The van der Waals surface area contributed by atoms with Gasteiger partial charge in [0.05, 0.1) is 23.4 Å². The summed E-state index contributed by atoms with van der Waals surface area (Å²) >= 11 is 5.81. The largest absolute Gasteiger partial charge is 0.494 e. The Balaban J connectivity index is 0.000000252. The molecule has 46 heavy (non-hydrogen) atoms. The number of alkyl halides is 2. The summed E-state index contributed by atoms with van der Waals surface area (Å²) in [6.45, 7) is 0.627. The second-order valence-electron chi connectivity index (χ2n) is 10.7. The zero-order valence-electron chi connectivity index (χ0n) is 25.2. The molecule has 0 aliphatic carbocycles. The summed E-state index contributed by atoms with van der Waals surface area (Å²) < 4.78 is 73.9. The van der Waals surface area contributed by atoms with Crippen molar-refractivity contribution < 1.29 is 36.6 Å². The summed E-state index contributed by atoms with van der Waals surface area (Å²) in [5, 5.41) is 17.4. The summed E-state index contributed by atoms with van der Waals surface area (Å²) in [5.74, 6) is -2.82. The van der Waals surface area contributed by atoms with E-state index < -0.39 is 29.6 Å². The lowest BCUT2D eigenvalue weighted by molar-refractivity contribution is 0.0573. The number of aldehydes is 1. The van der Waals surface area contributed by atoms with Gasteiger partial charge in [-0.3, -0.25) is 4.79 Å². The van der Waals surface area contributed by atoms with Crippen LogP contribution in [0.4, 0.5) is 22.0 Å². The molecule has 0 aliphatic rings. The average molecular weight is 661 g/mol. The Morgan fingerprint density at radius 3 is 2.35 bits per heavy atom. The molecule has 242 valence electrons. The van der Waals surface area contributed by atoms with Gasteiger partial charge in [0.2, 0.25) is 0 Å². The van der Waals surface area contributed by atoms with Gasteiger partial charge >= 0.3 is 6.55 Å². The number of aromatic nitrogens is 3. The lowest BCUT2D eigenvalue weighted by Gasteiger charge is -2.24. The van der Waals surface area contributed by atoms with Gasteiger partial charge in [-0.15, -0.1) is 0 Å². The number of nitrogens with one attached hydrogen (secondary N) is 1. The molecule has 0 radical (unpaired) electrons. The van der Waals surface area contributed by atoms with Gasteiger partial charge < -0.3 is 15.2 Å². The van der Waals surface area contributed by atoms with Crippen molar-refractivity contribution in [3.63, 3.8) is 0 Å². The van der Waals surface area contributed by atoms with Gasteiger partial charge in [-0.05, 0) is 50.7 Å². The highest BCUT2D eigenvalue weighted by molar-refractivity contribution is 6.31. The van der Waals surface area contributed by atoms with Crippen LogP contribution >= 0.6 is 11.6 Å². The van der Waals surface area contributed by atoms with Crippen LogP contribution in [0.25, 0.3) is 22.2 Å². The van der Waals surface area contributed by atoms with E-state index in [1.54, 1.807) is 7.05 Å². The number of hydrogen-bond acceptors (Lipinski definition) is 6. The maximum absolute atomic E-state index is 15.4. The second-order valence-corrected chi connectivity index (χ2v) is 11.2. The number of ether oxygens (including phenoxy) is 1. The standard InChI is InChI=1S/C23H22ClF3N2O.C10H8F2N2O2/c1-23(2,30)16-10-20(15(12-28-3)13-7-5-4-6-8-13)29-22(21(16)27)14-9-17(24)19(26)11-18(14)25;1-16-8-3-6(5-15)2-7-4-14(10(11)12)13-9(7)8/h4-11,15,28,30H,12H2,1-3H3;2-5,10H,1H3. The predicted octanol–water partition coefficient (Wildman–Crippen LogP) is 7.65. The molecule has 5 aromatic rings. The molecule has 0 bridgehead atoms. The fourth-order valence-corrected chi connectivity index (χ4v) is 4.97. The normalized spacial score (nSPS) is 12.2. The minimum Gasteiger partial charge on any atom is -0.494 e. The maximum Gasteiger partial charge on any atom is 0.333 e. The number of likely N-dealkylation sites (N-methyl/N-ethyl adjacent to an activating group) is 1. The molecule has 0 spiro atoms. The van der Waals surface area contributed by atoms with E-state index in [0.29, 0.717) is 51.5 Å². The summed E-state index contributed by atoms with van der Waals surface area (Å²) in [6.07, 6.45) is 1.80. The Morgan fingerprint density at radius 1 is 1.07 bits per heavy atom. The third-order valence-electron chi connectivity index (χ3n) is 7.04. The Labute approximate surface area is 266 Å². The van der Waals surface area contributed by atoms with E-state index >= 15 is 4.39 Å². The zero-order valence-corrected chi connectivity index (χ0v) is 25.9. The molecule has 2 heterocycles. The molecule has 0 fully saturated rings. The van der Waals surface area contributed by atoms with Crippen LogP contribution in [-0.2, 0) is 5.60 Å². The van der Waals surface area contributed by atoms with Gasteiger partial charge in [0.25, 0.3) is 0 Å². The average Bonchev–Trinajstić information content (AvgIpc) is 3.47. The van der Waals surface area contributed by atoms with E-state index in [2.05, 4.69) is 15.4 Å². The monoisotopic (exact) mass is 660 g/mol. The summed E-state index contributed by atoms with van der Waals surface area (Å²) in [6, 6.07) is 15.5. The number of benzene rings is 3. The fraction of sp³-hybridized carbons (Fsp3) is 0.242. The lowest BCUT2D eigenvalue weighted by atomic mass is 9.89. The lowest BCUT2D eigenvalue weighted by Crippen LogP contribution is -2.23. The number of methoxy groups -OCH3 is 1. The molecular formula is C33H30ClF5N4O3. The minimum absolute atomic E-state index is 0.0422. The van der Waals surface area contributed by atoms with Gasteiger partial charge in [-0.1, -0.05) is 41.9 Å². The van der Waals surface area contributed by atoms with E-state index in [-0.39, 0.29) is 27.8 Å². The van der Waals surface area contributed by atoms with E-state index in [1.807, 2.05) is 30.3 Å². The molecule has 1 atom stereocenters. The molecule has 2 N–H and O–H groups in total. The first-order valence-electron chi connectivity index (χ1n) is 13.9. The number of carbonyl (C=O) groups excluding carboxylic acids is 1. The SMILES string of the molecule is CNCC(c1ccccc1)c1cc(C(C)(C)O)c(F)c(-c2cc(Cl)c(F)cc2F)n1.COc1cc(C=O)cc2cn(C(F)F)nc12. The Hall–Kier alpha value is -4.39. The Kier molecular flexibility index (Phi) is 10.8. The van der Waals surface area contributed by atoms with E-state index in [9.17, 15) is 27.5 Å². The smallest absolute Gasteiger partial charge is 0.333 e. The van der Waals surface area contributed by atoms with E-state index in [0.717, 1.165) is 11.6 Å². The highest BCUT2D eigenvalue weighted by atomic mass is 35.5. The van der Waals surface area contributed by atoms with Crippen LogP contribution in [0.15, 0.2) is 66.9 Å². The Bertz CT molecular complexity index is 1850. The summed E-state index contributed by atoms with van der Waals surface area (Å²) in [7, 11) is 3.17. The molecule has 7 nitrogen and oxygen atoms in total. The van der Waals surface area contributed by atoms with Gasteiger partial charge in [-0.2, -0.15) is 13.9 Å². The maximum atomic E-state index is 15.4. The number of nitrogens with zero attached hydrogens (tertiary/aromatic N) is 3. The van der Waals surface area contributed by atoms with Gasteiger partial charge in [0.1, 0.15) is 34.9 Å². The third-order valence-corrected chi connectivity index (χ3v) is 7.33. The van der Waals surface area contributed by atoms with Crippen LogP contribution in [0.2, 0.25) is 5.02 Å². The van der Waals surface area contributed by atoms with Crippen molar-refractivity contribution >= 4 is 28.8 Å². The third kappa shape index (κ3) is 7.52. The van der Waals surface area contributed by atoms with Crippen molar-refractivity contribution in [1.82, 2.24) is 20.1 Å². The quantitative estimate of drug-likeness (QED) is 0.0959. The van der Waals surface area contributed by atoms with E-state index in [1.165, 1.54) is 45.4 Å². The van der Waals surface area contributed by atoms with Gasteiger partial charge in [0.15, 0.2) is 5.82 Å². The number of halogens is 6. The van der Waals surface area contributed by atoms with Crippen LogP contribution in [0.3, 0.4) is 0 Å². The molecule has 3 aromatic carbocycles. The zero-order chi connectivity index (χ0) is 33.8. The molecule has 0 saturated heterocycles. The van der Waals surface area contributed by atoms with Crippen LogP contribution < -0.4 is 10.1 Å². The minimum atomic E-state index is -2.71. The first-order chi connectivity index (χ1) is 21.8. The molecule has 2 aromatic heterocycles. The summed E-state index contributed by atoms with van der Waals surface area (Å²) in [5.41, 5.74) is -0.188. The number of aliphatic hydroxyl groups is 1. The first kappa shape index (κ1) is 34.5. The van der Waals surface area contributed by atoms with Crippen molar-refractivity contribution in [3.05, 3.63) is 112 Å². The molecule has 0 aliphatic heterocycles. The van der Waals surface area contributed by atoms with Crippen molar-refractivity contribution in [2.75, 3.05) is 20.7 Å². The molecule has 0 saturated carbocycles. The van der Waals surface area contributed by atoms with Crippen molar-refractivity contribution in [3.8, 4) is 17.0 Å². The van der Waals surface area contributed by atoms with Crippen LogP contribution in [0, 0.1) is 17.5 Å². The molecular weight excluding hydrogens is 631 g/mol. The number of hydrogen-bond donors (Lipinski definition) is 2. The van der Waals surface area contributed by atoms with Crippen LogP contribution in [0.5, 0.6) is 5.75 Å². The van der Waals surface area contributed by atoms with Crippen molar-refractivity contribution in [2.45, 2.75) is 31.9 Å². The van der Waals surface area contributed by atoms with Crippen LogP contribution in [-0.4, -0.2) is 46.9 Å². The molecule has 1 unspecified atom stereocenters. The van der Waals surface area contributed by atoms with Gasteiger partial charge in [0, 0.05) is 46.8 Å².